The molecule has 8 heteroatoms. The molecule has 170 valence electrons. The van der Waals surface area contributed by atoms with E-state index in [1.807, 2.05) is 36.4 Å². The first-order valence-electron chi connectivity index (χ1n) is 10.4. The van der Waals surface area contributed by atoms with Crippen molar-refractivity contribution in [2.75, 3.05) is 13.2 Å². The van der Waals surface area contributed by atoms with Crippen LogP contribution in [-0.2, 0) is 15.0 Å². The Hall–Kier alpha value is -3.00. The number of hydrazone groups is 1. The van der Waals surface area contributed by atoms with Gasteiger partial charge in [0.2, 0.25) is 11.8 Å². The highest BCUT2D eigenvalue weighted by atomic mass is 32.2. The maximum Gasteiger partial charge on any atom is 0.241 e. The summed E-state index contributed by atoms with van der Waals surface area (Å²) in [7, 11) is 0. The van der Waals surface area contributed by atoms with E-state index in [1.165, 1.54) is 36.2 Å². The third kappa shape index (κ3) is 6.26. The molecule has 3 rings (SSSR count). The van der Waals surface area contributed by atoms with Crippen LogP contribution in [0, 0.1) is 0 Å². The zero-order valence-corrected chi connectivity index (χ0v) is 19.9. The second kappa shape index (κ2) is 10.1. The molecule has 1 N–H and O–H groups in total. The molecule has 0 aliphatic carbocycles. The minimum Gasteiger partial charge on any atom is -0.490 e. The summed E-state index contributed by atoms with van der Waals surface area (Å²) in [5, 5.41) is 8.28. The van der Waals surface area contributed by atoms with E-state index >= 15 is 0 Å². The van der Waals surface area contributed by atoms with Gasteiger partial charge in [0, 0.05) is 13.8 Å². The van der Waals surface area contributed by atoms with Crippen molar-refractivity contribution in [3.05, 3.63) is 59.7 Å². The predicted molar refractivity (Wildman–Crippen MR) is 127 cm³/mol. The van der Waals surface area contributed by atoms with Crippen molar-refractivity contribution in [2.24, 2.45) is 5.10 Å². The van der Waals surface area contributed by atoms with E-state index in [4.69, 9.17) is 9.47 Å². The third-order valence-corrected chi connectivity index (χ3v) is 5.86. The number of benzene rings is 2. The summed E-state index contributed by atoms with van der Waals surface area (Å²) >= 11 is 1.32. The van der Waals surface area contributed by atoms with Gasteiger partial charge in [-0.15, -0.1) is 5.10 Å². The standard InChI is InChI=1S/C24H29N3O4S/c1-16(28)25-23-26-27(17(2)29)22(32-23)18-6-10-20(11-7-18)30-14-15-31-21-12-8-19(9-13-21)24(3,4)5/h6-13,22H,14-15H2,1-5H3,(H,25,26,28)/t22-/m0/s1. The van der Waals surface area contributed by atoms with Crippen LogP contribution in [0.5, 0.6) is 11.5 Å². The van der Waals surface area contributed by atoms with Gasteiger partial charge in [-0.05, 0) is 40.8 Å². The Bertz CT molecular complexity index is 982. The molecule has 0 spiro atoms. The van der Waals surface area contributed by atoms with E-state index in [9.17, 15) is 9.59 Å². The topological polar surface area (TPSA) is 80.2 Å². The van der Waals surface area contributed by atoms with Gasteiger partial charge in [0.05, 0.1) is 0 Å². The maximum atomic E-state index is 11.9. The summed E-state index contributed by atoms with van der Waals surface area (Å²) in [6, 6.07) is 15.6. The molecular formula is C24H29N3O4S. The van der Waals surface area contributed by atoms with Crippen molar-refractivity contribution in [1.29, 1.82) is 0 Å². The van der Waals surface area contributed by atoms with E-state index in [2.05, 4.69) is 43.3 Å². The van der Waals surface area contributed by atoms with Gasteiger partial charge in [-0.2, -0.15) is 0 Å². The van der Waals surface area contributed by atoms with Gasteiger partial charge in [-0.1, -0.05) is 56.8 Å². The lowest BCUT2D eigenvalue weighted by Gasteiger charge is -2.19. The summed E-state index contributed by atoms with van der Waals surface area (Å²) in [6.07, 6.45) is 0. The lowest BCUT2D eigenvalue weighted by atomic mass is 9.87. The van der Waals surface area contributed by atoms with E-state index in [1.54, 1.807) is 0 Å². The van der Waals surface area contributed by atoms with Crippen LogP contribution in [0.25, 0.3) is 0 Å². The number of ether oxygens (including phenoxy) is 2. The fourth-order valence-electron chi connectivity index (χ4n) is 3.08. The monoisotopic (exact) mass is 455 g/mol. The van der Waals surface area contributed by atoms with Gasteiger partial charge >= 0.3 is 0 Å². The Morgan fingerprint density at radius 1 is 0.969 bits per heavy atom. The van der Waals surface area contributed by atoms with Gasteiger partial charge in [-0.3, -0.25) is 9.59 Å². The van der Waals surface area contributed by atoms with E-state index in [-0.39, 0.29) is 22.6 Å². The second-order valence-electron chi connectivity index (χ2n) is 8.46. The highest BCUT2D eigenvalue weighted by Crippen LogP contribution is 2.39. The van der Waals surface area contributed by atoms with Crippen LogP contribution in [0.3, 0.4) is 0 Å². The average Bonchev–Trinajstić information content (AvgIpc) is 3.15. The molecule has 1 aliphatic rings. The van der Waals surface area contributed by atoms with Crippen molar-refractivity contribution in [2.45, 2.75) is 45.4 Å². The van der Waals surface area contributed by atoms with Crippen LogP contribution in [-0.4, -0.2) is 35.2 Å². The second-order valence-corrected chi connectivity index (χ2v) is 9.53. The van der Waals surface area contributed by atoms with Gasteiger partial charge in [-0.25, -0.2) is 5.01 Å². The van der Waals surface area contributed by atoms with Crippen molar-refractivity contribution >= 4 is 28.7 Å². The quantitative estimate of drug-likeness (QED) is 0.651. The van der Waals surface area contributed by atoms with Crippen molar-refractivity contribution < 1.29 is 19.1 Å². The van der Waals surface area contributed by atoms with Gasteiger partial charge in [0.25, 0.3) is 0 Å². The molecule has 0 saturated heterocycles. The molecule has 2 aromatic rings. The number of hydrogen-bond donors (Lipinski definition) is 1. The van der Waals surface area contributed by atoms with Crippen LogP contribution in [0.4, 0.5) is 0 Å². The predicted octanol–water partition coefficient (Wildman–Crippen LogP) is 4.44. The van der Waals surface area contributed by atoms with E-state index in [0.29, 0.717) is 24.1 Å². The first kappa shape index (κ1) is 23.7. The van der Waals surface area contributed by atoms with Crippen LogP contribution in [0.15, 0.2) is 53.6 Å². The SMILES string of the molecule is CC(=O)NC1=NN(C(C)=O)[C@H](c2ccc(OCCOc3ccc(C(C)(C)C)cc3)cc2)S1. The normalized spacial score (nSPS) is 15.8. The molecule has 0 unspecified atom stereocenters. The maximum absolute atomic E-state index is 11.9. The van der Waals surface area contributed by atoms with Crippen molar-refractivity contribution in [3.63, 3.8) is 0 Å². The molecule has 1 aliphatic heterocycles. The summed E-state index contributed by atoms with van der Waals surface area (Å²) in [5.41, 5.74) is 2.26. The Morgan fingerprint density at radius 3 is 1.97 bits per heavy atom. The van der Waals surface area contributed by atoms with Crippen LogP contribution in [0.1, 0.15) is 51.1 Å². The summed E-state index contributed by atoms with van der Waals surface area (Å²) < 4.78 is 11.5. The number of carbonyl (C=O) groups is 2. The Kier molecular flexibility index (Phi) is 7.45. The molecule has 32 heavy (non-hydrogen) atoms. The Balaban J connectivity index is 1.50. The molecular weight excluding hydrogens is 426 g/mol. The molecule has 0 bridgehead atoms. The highest BCUT2D eigenvalue weighted by molar-refractivity contribution is 8.14. The minimum absolute atomic E-state index is 0.115. The number of hydrogen-bond acceptors (Lipinski definition) is 6. The lowest BCUT2D eigenvalue weighted by Crippen LogP contribution is -2.25. The summed E-state index contributed by atoms with van der Waals surface area (Å²) in [5.74, 6) is 1.10. The van der Waals surface area contributed by atoms with Gasteiger partial charge in [0.1, 0.15) is 30.1 Å². The van der Waals surface area contributed by atoms with E-state index in [0.717, 1.165) is 11.3 Å². The number of rotatable bonds is 6. The van der Waals surface area contributed by atoms with Gasteiger partial charge < -0.3 is 14.8 Å². The fraction of sp³-hybridized carbons (Fsp3) is 0.375. The highest BCUT2D eigenvalue weighted by Gasteiger charge is 2.32. The first-order chi connectivity index (χ1) is 15.1. The molecule has 0 aromatic heterocycles. The molecule has 1 heterocycles. The third-order valence-electron chi connectivity index (χ3n) is 4.76. The van der Waals surface area contributed by atoms with Crippen molar-refractivity contribution in [1.82, 2.24) is 10.3 Å². The number of thioether (sulfide) groups is 1. The Labute approximate surface area is 193 Å². The van der Waals surface area contributed by atoms with Crippen LogP contribution < -0.4 is 14.8 Å². The molecule has 2 amide bonds. The van der Waals surface area contributed by atoms with Crippen LogP contribution in [0.2, 0.25) is 0 Å². The number of carbonyl (C=O) groups excluding carboxylic acids is 2. The first-order valence-corrected chi connectivity index (χ1v) is 11.3. The molecule has 0 radical (unpaired) electrons. The summed E-state index contributed by atoms with van der Waals surface area (Å²) in [4.78, 5) is 23.2. The molecule has 0 saturated carbocycles. The molecule has 7 nitrogen and oxygen atoms in total. The Morgan fingerprint density at radius 2 is 1.50 bits per heavy atom. The number of nitrogens with zero attached hydrogens (tertiary/aromatic N) is 2. The lowest BCUT2D eigenvalue weighted by molar-refractivity contribution is -0.129. The molecule has 0 fully saturated rings. The zero-order chi connectivity index (χ0) is 23.3. The number of nitrogens with one attached hydrogen (secondary N) is 1. The minimum atomic E-state index is -0.331. The zero-order valence-electron chi connectivity index (χ0n) is 19.0. The van der Waals surface area contributed by atoms with Crippen LogP contribution >= 0.6 is 11.8 Å². The fourth-order valence-corrected chi connectivity index (χ4v) is 4.22. The molecule has 1 atom stereocenters. The number of amidine groups is 1. The van der Waals surface area contributed by atoms with Crippen molar-refractivity contribution in [3.8, 4) is 11.5 Å². The smallest absolute Gasteiger partial charge is 0.241 e. The number of amides is 2. The molecule has 2 aromatic carbocycles. The summed E-state index contributed by atoms with van der Waals surface area (Å²) in [6.45, 7) is 10.2. The van der Waals surface area contributed by atoms with E-state index < -0.39 is 0 Å². The van der Waals surface area contributed by atoms with Gasteiger partial charge in [0.15, 0.2) is 5.17 Å². The largest absolute Gasteiger partial charge is 0.490 e. The average molecular weight is 456 g/mol.